The smallest absolute Gasteiger partial charge is 0.311 e. The first-order valence-electron chi connectivity index (χ1n) is 9.76. The van der Waals surface area contributed by atoms with Crippen LogP contribution in [0.1, 0.15) is 46.1 Å². The Morgan fingerprint density at radius 2 is 1.75 bits per heavy atom. The van der Waals surface area contributed by atoms with Crippen molar-refractivity contribution in [3.05, 3.63) is 23.8 Å². The van der Waals surface area contributed by atoms with E-state index in [1.54, 1.807) is 6.07 Å². The maximum Gasteiger partial charge on any atom is 0.311 e. The maximum atomic E-state index is 12.9. The molecule has 0 unspecified atom stereocenters. The van der Waals surface area contributed by atoms with Crippen LogP contribution < -0.4 is 14.8 Å². The van der Waals surface area contributed by atoms with E-state index in [0.717, 1.165) is 5.56 Å². The van der Waals surface area contributed by atoms with Crippen LogP contribution in [0.2, 0.25) is 0 Å². The Balaban J connectivity index is 2.17. The number of carbonyl (C=O) groups excluding carboxylic acids is 1. The number of hydrogen-bond donors (Lipinski definition) is 2. The van der Waals surface area contributed by atoms with Gasteiger partial charge in [-0.3, -0.25) is 9.59 Å². The molecule has 1 heterocycles. The Hall–Kier alpha value is -2.28. The van der Waals surface area contributed by atoms with Gasteiger partial charge in [0.05, 0.1) is 24.0 Å². The fraction of sp³-hybridized carbons (Fsp3) is 0.619. The summed E-state index contributed by atoms with van der Waals surface area (Å²) in [5, 5.41) is 12.5. The van der Waals surface area contributed by atoms with Crippen LogP contribution in [-0.2, 0) is 19.7 Å². The number of ether oxygens (including phenoxy) is 3. The summed E-state index contributed by atoms with van der Waals surface area (Å²) in [5.74, 6) is 0.102. The molecule has 1 aromatic carbocycles. The number of nitrogens with one attached hydrogen (secondary N) is 1. The highest BCUT2D eigenvalue weighted by Crippen LogP contribution is 2.35. The fourth-order valence-corrected chi connectivity index (χ4v) is 3.27. The van der Waals surface area contributed by atoms with Crippen molar-refractivity contribution in [3.8, 4) is 11.5 Å². The van der Waals surface area contributed by atoms with Crippen molar-refractivity contribution in [1.29, 1.82) is 0 Å². The van der Waals surface area contributed by atoms with Gasteiger partial charge in [0.1, 0.15) is 0 Å². The summed E-state index contributed by atoms with van der Waals surface area (Å²) < 4.78 is 16.5. The molecule has 2 rings (SSSR count). The maximum absolute atomic E-state index is 12.9. The van der Waals surface area contributed by atoms with Gasteiger partial charge in [-0.25, -0.2) is 0 Å². The van der Waals surface area contributed by atoms with Gasteiger partial charge in [0.2, 0.25) is 5.91 Å². The average Bonchev–Trinajstić information content (AvgIpc) is 2.68. The Labute approximate surface area is 166 Å². The minimum absolute atomic E-state index is 0.0866. The number of aliphatic carboxylic acids is 1. The van der Waals surface area contributed by atoms with Gasteiger partial charge in [0.25, 0.3) is 0 Å². The highest BCUT2D eigenvalue weighted by molar-refractivity contribution is 5.88. The molecule has 0 spiro atoms. The third-order valence-electron chi connectivity index (χ3n) is 5.32. The molecule has 0 bridgehead atoms. The van der Waals surface area contributed by atoms with E-state index in [2.05, 4.69) is 5.32 Å². The predicted octanol–water partition coefficient (Wildman–Crippen LogP) is 2.76. The van der Waals surface area contributed by atoms with E-state index in [1.165, 1.54) is 0 Å². The monoisotopic (exact) mass is 393 g/mol. The molecular formula is C21H31NO6. The number of carboxylic acid groups (broad SMARTS) is 1. The number of carboxylic acids is 1. The largest absolute Gasteiger partial charge is 0.490 e. The van der Waals surface area contributed by atoms with Crippen LogP contribution in [0.5, 0.6) is 11.5 Å². The minimum Gasteiger partial charge on any atom is -0.490 e. The lowest BCUT2D eigenvalue weighted by Crippen LogP contribution is -2.50. The summed E-state index contributed by atoms with van der Waals surface area (Å²) in [6.07, 6.45) is 0.779. The summed E-state index contributed by atoms with van der Waals surface area (Å²) in [6.45, 7) is 9.28. The lowest BCUT2D eigenvalue weighted by molar-refractivity contribution is -0.154. The molecule has 1 aromatic rings. The van der Waals surface area contributed by atoms with Gasteiger partial charge >= 0.3 is 5.97 Å². The number of rotatable bonds is 9. The molecule has 156 valence electrons. The molecule has 1 aliphatic rings. The second-order valence-electron chi connectivity index (χ2n) is 7.53. The van der Waals surface area contributed by atoms with Gasteiger partial charge in [0.15, 0.2) is 11.5 Å². The van der Waals surface area contributed by atoms with Gasteiger partial charge in [0, 0.05) is 19.8 Å². The van der Waals surface area contributed by atoms with Crippen molar-refractivity contribution in [2.24, 2.45) is 5.41 Å². The highest BCUT2D eigenvalue weighted by Gasteiger charge is 2.41. The van der Waals surface area contributed by atoms with E-state index in [-0.39, 0.29) is 12.5 Å². The van der Waals surface area contributed by atoms with Gasteiger partial charge in [-0.2, -0.15) is 0 Å². The lowest BCUT2D eigenvalue weighted by atomic mass is 9.79. The molecule has 0 atom stereocenters. The first-order valence-corrected chi connectivity index (χ1v) is 9.76. The number of hydrogen-bond acceptors (Lipinski definition) is 5. The zero-order valence-corrected chi connectivity index (χ0v) is 17.2. The number of carbonyl (C=O) groups is 2. The lowest BCUT2D eigenvalue weighted by Gasteiger charge is -2.34. The second kappa shape index (κ2) is 9.28. The molecule has 1 aliphatic heterocycles. The predicted molar refractivity (Wildman–Crippen MR) is 105 cm³/mol. The molecule has 1 saturated heterocycles. The van der Waals surface area contributed by atoms with E-state index in [1.807, 2.05) is 39.8 Å². The van der Waals surface area contributed by atoms with Crippen LogP contribution in [0.3, 0.4) is 0 Å². The molecular weight excluding hydrogens is 362 g/mol. The van der Waals surface area contributed by atoms with Gasteiger partial charge in [-0.05, 0) is 58.2 Å². The van der Waals surface area contributed by atoms with Crippen molar-refractivity contribution in [2.75, 3.05) is 33.0 Å². The van der Waals surface area contributed by atoms with Crippen LogP contribution in [0.15, 0.2) is 18.2 Å². The molecule has 1 amide bonds. The van der Waals surface area contributed by atoms with Crippen molar-refractivity contribution < 1.29 is 28.9 Å². The quantitative estimate of drug-likeness (QED) is 0.670. The summed E-state index contributed by atoms with van der Waals surface area (Å²) in [7, 11) is 0. The molecule has 1 fully saturated rings. The van der Waals surface area contributed by atoms with E-state index in [4.69, 9.17) is 14.2 Å². The second-order valence-corrected chi connectivity index (χ2v) is 7.53. The first-order chi connectivity index (χ1) is 13.3. The van der Waals surface area contributed by atoms with Gasteiger partial charge < -0.3 is 24.6 Å². The Morgan fingerprint density at radius 1 is 1.14 bits per heavy atom. The average molecular weight is 393 g/mol. The topological polar surface area (TPSA) is 94.1 Å². The van der Waals surface area contributed by atoms with E-state index < -0.39 is 16.8 Å². The van der Waals surface area contributed by atoms with Crippen molar-refractivity contribution in [3.63, 3.8) is 0 Å². The molecule has 7 heteroatoms. The number of amides is 1. The van der Waals surface area contributed by atoms with Gasteiger partial charge in [-0.15, -0.1) is 0 Å². The van der Waals surface area contributed by atoms with Crippen molar-refractivity contribution >= 4 is 11.9 Å². The first kappa shape index (κ1) is 22.0. The Morgan fingerprint density at radius 3 is 2.32 bits per heavy atom. The SMILES string of the molecule is CCOc1ccc(C(C)(C)C(=O)NCC2(C(=O)O)CCOCC2)cc1OCC. The van der Waals surface area contributed by atoms with E-state index in [0.29, 0.717) is 50.8 Å². The molecule has 7 nitrogen and oxygen atoms in total. The van der Waals surface area contributed by atoms with Crippen LogP contribution in [-0.4, -0.2) is 50.0 Å². The van der Waals surface area contributed by atoms with Crippen LogP contribution in [0.4, 0.5) is 0 Å². The molecule has 2 N–H and O–H groups in total. The summed E-state index contributed by atoms with van der Waals surface area (Å²) >= 11 is 0. The van der Waals surface area contributed by atoms with E-state index in [9.17, 15) is 14.7 Å². The van der Waals surface area contributed by atoms with Gasteiger partial charge in [-0.1, -0.05) is 6.07 Å². The molecule has 0 aromatic heterocycles. The zero-order chi connectivity index (χ0) is 20.8. The Kier molecular flexibility index (Phi) is 7.29. The van der Waals surface area contributed by atoms with Crippen LogP contribution >= 0.6 is 0 Å². The molecule has 0 saturated carbocycles. The normalized spacial score (nSPS) is 16.3. The minimum atomic E-state index is -0.973. The van der Waals surface area contributed by atoms with Crippen LogP contribution in [0, 0.1) is 5.41 Å². The van der Waals surface area contributed by atoms with Crippen LogP contribution in [0.25, 0.3) is 0 Å². The molecule has 28 heavy (non-hydrogen) atoms. The van der Waals surface area contributed by atoms with Crippen molar-refractivity contribution in [1.82, 2.24) is 5.32 Å². The highest BCUT2D eigenvalue weighted by atomic mass is 16.5. The Bertz CT molecular complexity index is 694. The van der Waals surface area contributed by atoms with E-state index >= 15 is 0 Å². The molecule has 0 radical (unpaired) electrons. The number of benzene rings is 1. The van der Waals surface area contributed by atoms with Crippen molar-refractivity contribution in [2.45, 2.75) is 46.0 Å². The summed E-state index contributed by atoms with van der Waals surface area (Å²) in [5.41, 5.74) is -1.06. The summed E-state index contributed by atoms with van der Waals surface area (Å²) in [4.78, 5) is 24.7. The zero-order valence-electron chi connectivity index (χ0n) is 17.2. The fourth-order valence-electron chi connectivity index (χ4n) is 3.27. The summed E-state index contributed by atoms with van der Waals surface area (Å²) in [6, 6.07) is 5.46. The standard InChI is InChI=1S/C21H31NO6/c1-5-27-16-8-7-15(13-17(16)28-6-2)20(3,4)18(23)22-14-21(19(24)25)9-11-26-12-10-21/h7-8,13H,5-6,9-12,14H2,1-4H3,(H,22,23)(H,24,25). The third kappa shape index (κ3) is 4.76. The molecule has 0 aliphatic carbocycles. The third-order valence-corrected chi connectivity index (χ3v) is 5.32.